The first kappa shape index (κ1) is 7.32. The van der Waals surface area contributed by atoms with E-state index in [2.05, 4.69) is 4.98 Å². The van der Waals surface area contributed by atoms with E-state index < -0.39 is 0 Å². The Morgan fingerprint density at radius 3 is 3.07 bits per heavy atom. The van der Waals surface area contributed by atoms with Crippen molar-refractivity contribution < 1.29 is 4.42 Å². The van der Waals surface area contributed by atoms with Gasteiger partial charge in [-0.25, -0.2) is 9.20 Å². The highest BCUT2D eigenvalue weighted by Crippen LogP contribution is 2.15. The average molecular weight is 186 g/mol. The first-order chi connectivity index (χ1) is 6.86. The highest BCUT2D eigenvalue weighted by molar-refractivity contribution is 5.89. The number of hydrogen-bond acceptors (Lipinski definition) is 3. The van der Waals surface area contributed by atoms with Crippen LogP contribution in [0.5, 0.6) is 0 Å². The van der Waals surface area contributed by atoms with Crippen molar-refractivity contribution in [3.05, 3.63) is 47.2 Å². The molecule has 0 saturated carbocycles. The highest BCUT2D eigenvalue weighted by Gasteiger charge is 2.05. The normalized spacial score (nSPS) is 11.1. The summed E-state index contributed by atoms with van der Waals surface area (Å²) in [6, 6.07) is 7.39. The summed E-state index contributed by atoms with van der Waals surface area (Å²) in [6.07, 6.45) is 3.04. The quantitative estimate of drug-likeness (QED) is 0.533. The fourth-order valence-electron chi connectivity index (χ4n) is 1.53. The fourth-order valence-corrected chi connectivity index (χ4v) is 1.53. The first-order valence-corrected chi connectivity index (χ1v) is 4.21. The summed E-state index contributed by atoms with van der Waals surface area (Å²) >= 11 is 0. The van der Waals surface area contributed by atoms with Crippen LogP contribution in [0, 0.1) is 0 Å². The lowest BCUT2D eigenvalue weighted by atomic mass is 10.2. The Labute approximate surface area is 78.4 Å². The minimum absolute atomic E-state index is 0.313. The van der Waals surface area contributed by atoms with Crippen molar-refractivity contribution in [2.75, 3.05) is 0 Å². The Balaban J connectivity index is 2.73. The minimum Gasteiger partial charge on any atom is -0.446 e. The molecule has 4 nitrogen and oxygen atoms in total. The molecule has 14 heavy (non-hydrogen) atoms. The van der Waals surface area contributed by atoms with Gasteiger partial charge in [0.25, 0.3) is 0 Å². The van der Waals surface area contributed by atoms with E-state index in [1.54, 1.807) is 12.3 Å². The molecular weight excluding hydrogens is 180 g/mol. The third-order valence-electron chi connectivity index (χ3n) is 2.17. The van der Waals surface area contributed by atoms with Gasteiger partial charge in [-0.05, 0) is 12.1 Å². The molecule has 3 rings (SSSR count). The van der Waals surface area contributed by atoms with Crippen LogP contribution in [-0.4, -0.2) is 9.38 Å². The molecule has 0 N–H and O–H groups in total. The van der Waals surface area contributed by atoms with E-state index in [0.717, 1.165) is 5.39 Å². The lowest BCUT2D eigenvalue weighted by molar-refractivity contribution is 0.609. The van der Waals surface area contributed by atoms with Gasteiger partial charge in [-0.1, -0.05) is 12.1 Å². The van der Waals surface area contributed by atoms with Gasteiger partial charge in [0.1, 0.15) is 6.26 Å². The molecule has 0 spiro atoms. The van der Waals surface area contributed by atoms with Gasteiger partial charge >= 0.3 is 5.69 Å². The summed E-state index contributed by atoms with van der Waals surface area (Å²) < 4.78 is 6.63. The maximum Gasteiger partial charge on any atom is 0.355 e. The molecule has 0 saturated heterocycles. The van der Waals surface area contributed by atoms with Crippen molar-refractivity contribution >= 4 is 16.6 Å². The largest absolute Gasteiger partial charge is 0.446 e. The second-order valence-corrected chi connectivity index (χ2v) is 2.99. The van der Waals surface area contributed by atoms with E-state index in [0.29, 0.717) is 11.2 Å². The molecule has 1 aromatic carbocycles. The molecule has 0 aliphatic heterocycles. The number of hydrogen-bond donors (Lipinski definition) is 0. The van der Waals surface area contributed by atoms with E-state index in [1.165, 1.54) is 10.7 Å². The monoisotopic (exact) mass is 186 g/mol. The molecule has 2 heterocycles. The lowest BCUT2D eigenvalue weighted by Gasteiger charge is -1.96. The van der Waals surface area contributed by atoms with Crippen LogP contribution in [0.1, 0.15) is 0 Å². The molecule has 0 amide bonds. The van der Waals surface area contributed by atoms with Gasteiger partial charge in [0.05, 0.1) is 17.1 Å². The molecule has 4 heteroatoms. The fraction of sp³-hybridized carbons (Fsp3) is 0. The summed E-state index contributed by atoms with van der Waals surface area (Å²) in [4.78, 5) is 15.4. The Morgan fingerprint density at radius 1 is 1.29 bits per heavy atom. The molecule has 0 atom stereocenters. The minimum atomic E-state index is -0.313. The van der Waals surface area contributed by atoms with Crippen molar-refractivity contribution in [1.29, 1.82) is 0 Å². The third-order valence-corrected chi connectivity index (χ3v) is 2.17. The number of fused-ring (bicyclic) bond motifs is 3. The molecule has 0 fully saturated rings. The van der Waals surface area contributed by atoms with Crippen LogP contribution in [0.4, 0.5) is 0 Å². The van der Waals surface area contributed by atoms with Crippen LogP contribution in [-0.2, 0) is 0 Å². The van der Waals surface area contributed by atoms with Crippen molar-refractivity contribution in [1.82, 2.24) is 9.38 Å². The van der Waals surface area contributed by atoms with Gasteiger partial charge in [0.2, 0.25) is 5.71 Å². The molecule has 0 aliphatic rings. The first-order valence-electron chi connectivity index (χ1n) is 4.21. The number of para-hydroxylation sites is 1. The average Bonchev–Trinajstić information content (AvgIpc) is 2.67. The SMILES string of the molecule is O=c1nc2ccccc2c2occn12. The van der Waals surface area contributed by atoms with Gasteiger partial charge in [-0.2, -0.15) is 4.98 Å². The van der Waals surface area contributed by atoms with Crippen LogP contribution >= 0.6 is 0 Å². The number of benzene rings is 1. The Morgan fingerprint density at radius 2 is 2.14 bits per heavy atom. The summed E-state index contributed by atoms with van der Waals surface area (Å²) in [5.74, 6) is 0. The van der Waals surface area contributed by atoms with Crippen LogP contribution in [0.2, 0.25) is 0 Å². The second-order valence-electron chi connectivity index (χ2n) is 2.99. The molecular formula is C10H6N2O2. The summed E-state index contributed by atoms with van der Waals surface area (Å²) in [5.41, 5.74) is 0.889. The zero-order chi connectivity index (χ0) is 9.54. The van der Waals surface area contributed by atoms with Crippen LogP contribution in [0.3, 0.4) is 0 Å². The Bertz CT molecular complexity index is 666. The molecule has 0 radical (unpaired) electrons. The number of nitrogens with zero attached hydrogens (tertiary/aromatic N) is 2. The zero-order valence-electron chi connectivity index (χ0n) is 7.18. The second kappa shape index (κ2) is 2.45. The number of aromatic nitrogens is 2. The van der Waals surface area contributed by atoms with Crippen LogP contribution in [0.25, 0.3) is 16.6 Å². The topological polar surface area (TPSA) is 47.5 Å². The van der Waals surface area contributed by atoms with E-state index in [9.17, 15) is 4.79 Å². The number of oxazole rings is 1. The van der Waals surface area contributed by atoms with Gasteiger partial charge in [-0.15, -0.1) is 0 Å². The molecule has 68 valence electrons. The summed E-state index contributed by atoms with van der Waals surface area (Å²) in [7, 11) is 0. The Kier molecular flexibility index (Phi) is 1.28. The summed E-state index contributed by atoms with van der Waals surface area (Å²) in [5, 5.41) is 0.845. The van der Waals surface area contributed by atoms with Gasteiger partial charge in [0, 0.05) is 0 Å². The maximum absolute atomic E-state index is 11.4. The summed E-state index contributed by atoms with van der Waals surface area (Å²) in [6.45, 7) is 0. The highest BCUT2D eigenvalue weighted by atomic mass is 16.3. The van der Waals surface area contributed by atoms with Crippen molar-refractivity contribution in [3.8, 4) is 0 Å². The van der Waals surface area contributed by atoms with E-state index in [1.807, 2.05) is 18.2 Å². The van der Waals surface area contributed by atoms with Gasteiger partial charge in [-0.3, -0.25) is 0 Å². The Hall–Kier alpha value is -2.10. The predicted octanol–water partition coefficient (Wildman–Crippen LogP) is 1.44. The molecule has 0 aliphatic carbocycles. The van der Waals surface area contributed by atoms with Gasteiger partial charge in [0.15, 0.2) is 0 Å². The molecule has 2 aromatic heterocycles. The van der Waals surface area contributed by atoms with E-state index >= 15 is 0 Å². The van der Waals surface area contributed by atoms with Crippen molar-refractivity contribution in [2.45, 2.75) is 0 Å². The van der Waals surface area contributed by atoms with Crippen molar-refractivity contribution in [3.63, 3.8) is 0 Å². The van der Waals surface area contributed by atoms with Crippen LogP contribution < -0.4 is 5.69 Å². The van der Waals surface area contributed by atoms with Crippen molar-refractivity contribution in [2.24, 2.45) is 0 Å². The predicted molar refractivity (Wildman–Crippen MR) is 51.2 cm³/mol. The lowest BCUT2D eigenvalue weighted by Crippen LogP contribution is -2.14. The number of rotatable bonds is 0. The van der Waals surface area contributed by atoms with Crippen LogP contribution in [0.15, 0.2) is 45.9 Å². The molecule has 0 unspecified atom stereocenters. The standard InChI is InChI=1S/C10H6N2O2/c13-10-11-8-4-2-1-3-7(8)9-12(10)5-6-14-9/h1-6H. The van der Waals surface area contributed by atoms with Gasteiger partial charge < -0.3 is 4.42 Å². The maximum atomic E-state index is 11.4. The third kappa shape index (κ3) is 0.821. The molecule has 3 aromatic rings. The van der Waals surface area contributed by atoms with E-state index in [4.69, 9.17) is 4.42 Å². The molecule has 0 bridgehead atoms. The van der Waals surface area contributed by atoms with E-state index in [-0.39, 0.29) is 5.69 Å². The smallest absolute Gasteiger partial charge is 0.355 e. The zero-order valence-corrected chi connectivity index (χ0v) is 7.18.